The number of para-hydroxylation sites is 1. The van der Waals surface area contributed by atoms with Gasteiger partial charge in [0.25, 0.3) is 0 Å². The van der Waals surface area contributed by atoms with Crippen molar-refractivity contribution in [3.05, 3.63) is 36.0 Å². The number of carbonyl (C=O) groups excluding carboxylic acids is 3. The lowest BCUT2D eigenvalue weighted by molar-refractivity contribution is -0.143. The second-order valence-electron chi connectivity index (χ2n) is 9.85. The number of fused-ring (bicyclic) bond motifs is 1. The highest BCUT2D eigenvalue weighted by Crippen LogP contribution is 2.19. The van der Waals surface area contributed by atoms with Crippen molar-refractivity contribution in [3.63, 3.8) is 0 Å². The van der Waals surface area contributed by atoms with Gasteiger partial charge in [0, 0.05) is 29.9 Å². The molecule has 0 spiro atoms. The number of hydrogen-bond donors (Lipinski definition) is 8. The lowest BCUT2D eigenvalue weighted by Gasteiger charge is -2.24. The number of carboxylic acids is 3. The quantitative estimate of drug-likeness (QED) is 0.136. The summed E-state index contributed by atoms with van der Waals surface area (Å²) in [5.41, 5.74) is 7.19. The summed E-state index contributed by atoms with van der Waals surface area (Å²) in [6.07, 6.45) is -0.0576. The molecule has 0 aliphatic rings. The van der Waals surface area contributed by atoms with Crippen LogP contribution in [0.15, 0.2) is 30.5 Å². The van der Waals surface area contributed by atoms with Gasteiger partial charge in [-0.05, 0) is 30.4 Å². The molecule has 0 saturated carbocycles. The Labute approximate surface area is 229 Å². The average Bonchev–Trinajstić information content (AvgIpc) is 3.27. The van der Waals surface area contributed by atoms with Crippen LogP contribution in [0.5, 0.6) is 0 Å². The van der Waals surface area contributed by atoms with Gasteiger partial charge in [0.1, 0.15) is 18.1 Å². The topological polar surface area (TPSA) is 241 Å². The summed E-state index contributed by atoms with van der Waals surface area (Å²) in [5, 5.41) is 35.7. The monoisotopic (exact) mass is 561 g/mol. The molecule has 3 amide bonds. The van der Waals surface area contributed by atoms with E-state index < -0.39 is 79.1 Å². The number of benzene rings is 1. The van der Waals surface area contributed by atoms with Crippen LogP contribution in [0.1, 0.15) is 45.1 Å². The van der Waals surface area contributed by atoms with E-state index in [4.69, 9.17) is 10.8 Å². The summed E-state index contributed by atoms with van der Waals surface area (Å²) < 4.78 is 0. The minimum Gasteiger partial charge on any atom is -0.481 e. The van der Waals surface area contributed by atoms with Gasteiger partial charge in [0.05, 0.1) is 12.5 Å². The molecule has 2 aromatic rings. The third kappa shape index (κ3) is 9.69. The van der Waals surface area contributed by atoms with Crippen molar-refractivity contribution in [1.82, 2.24) is 20.9 Å². The Morgan fingerprint density at radius 2 is 1.45 bits per heavy atom. The standard InChI is InChI=1S/C26H35N5O9/c1-13(2)9-16(27)23(36)30-19(11-22(34)35)25(38)29-18(7-8-21(32)33)24(37)31-20(26(39)40)10-14-12-28-17-6-4-3-5-15(14)17/h3-6,12-13,16,18-20,28H,7-11,27H2,1-2H3,(H,29,38)(H,30,36)(H,31,37)(H,32,33)(H,34,35)(H,39,40). The number of H-pyrrole nitrogens is 1. The molecule has 4 unspecified atom stereocenters. The van der Waals surface area contributed by atoms with E-state index in [-0.39, 0.29) is 18.8 Å². The molecule has 14 nitrogen and oxygen atoms in total. The van der Waals surface area contributed by atoms with Crippen molar-refractivity contribution in [2.45, 2.75) is 70.1 Å². The van der Waals surface area contributed by atoms with Crippen LogP contribution < -0.4 is 21.7 Å². The molecule has 0 aliphatic carbocycles. The van der Waals surface area contributed by atoms with Crippen LogP contribution in [-0.4, -0.2) is 80.1 Å². The predicted molar refractivity (Wildman–Crippen MR) is 142 cm³/mol. The molecule has 0 bridgehead atoms. The Balaban J connectivity index is 2.20. The molecular formula is C26H35N5O9. The van der Waals surface area contributed by atoms with E-state index in [9.17, 15) is 39.0 Å². The van der Waals surface area contributed by atoms with Crippen molar-refractivity contribution in [1.29, 1.82) is 0 Å². The Hall–Kier alpha value is -4.46. The van der Waals surface area contributed by atoms with Gasteiger partial charge in [-0.1, -0.05) is 32.0 Å². The minimum absolute atomic E-state index is 0.0445. The molecule has 1 aromatic carbocycles. The third-order valence-corrected chi connectivity index (χ3v) is 6.07. The van der Waals surface area contributed by atoms with Crippen LogP contribution in [0.25, 0.3) is 10.9 Å². The SMILES string of the molecule is CC(C)CC(N)C(=O)NC(CC(=O)O)C(=O)NC(CCC(=O)O)C(=O)NC(Cc1c[nH]c2ccccc12)C(=O)O. The van der Waals surface area contributed by atoms with Crippen LogP contribution >= 0.6 is 0 Å². The summed E-state index contributed by atoms with van der Waals surface area (Å²) in [4.78, 5) is 76.0. The van der Waals surface area contributed by atoms with E-state index >= 15 is 0 Å². The summed E-state index contributed by atoms with van der Waals surface area (Å²) in [6.45, 7) is 3.65. The van der Waals surface area contributed by atoms with Crippen LogP contribution in [0.3, 0.4) is 0 Å². The van der Waals surface area contributed by atoms with Gasteiger partial charge < -0.3 is 42.0 Å². The van der Waals surface area contributed by atoms with E-state index in [1.165, 1.54) is 0 Å². The molecule has 0 saturated heterocycles. The average molecular weight is 562 g/mol. The predicted octanol–water partition coefficient (Wildman–Crippen LogP) is -0.0377. The first kappa shape index (κ1) is 31.8. The van der Waals surface area contributed by atoms with Gasteiger partial charge >= 0.3 is 17.9 Å². The van der Waals surface area contributed by atoms with Crippen LogP contribution in [0, 0.1) is 5.92 Å². The first-order valence-electron chi connectivity index (χ1n) is 12.7. The Morgan fingerprint density at radius 1 is 0.850 bits per heavy atom. The molecule has 0 fully saturated rings. The molecule has 0 radical (unpaired) electrons. The maximum Gasteiger partial charge on any atom is 0.326 e. The van der Waals surface area contributed by atoms with E-state index in [2.05, 4.69) is 20.9 Å². The zero-order valence-corrected chi connectivity index (χ0v) is 22.2. The molecule has 4 atom stereocenters. The molecule has 0 aliphatic heterocycles. The van der Waals surface area contributed by atoms with Crippen molar-refractivity contribution in [2.24, 2.45) is 11.7 Å². The maximum absolute atomic E-state index is 13.1. The lowest BCUT2D eigenvalue weighted by atomic mass is 10.0. The van der Waals surface area contributed by atoms with Crippen molar-refractivity contribution in [3.8, 4) is 0 Å². The smallest absolute Gasteiger partial charge is 0.326 e. The van der Waals surface area contributed by atoms with Gasteiger partial charge in [-0.2, -0.15) is 0 Å². The van der Waals surface area contributed by atoms with Crippen LogP contribution in [-0.2, 0) is 35.2 Å². The molecule has 218 valence electrons. The molecule has 9 N–H and O–H groups in total. The van der Waals surface area contributed by atoms with E-state index in [0.29, 0.717) is 5.56 Å². The number of hydrogen-bond acceptors (Lipinski definition) is 7. The number of aliphatic carboxylic acids is 3. The Bertz CT molecular complexity index is 1240. The number of carbonyl (C=O) groups is 6. The molecular weight excluding hydrogens is 526 g/mol. The summed E-state index contributed by atoms with van der Waals surface area (Å²) >= 11 is 0. The van der Waals surface area contributed by atoms with Crippen molar-refractivity contribution in [2.75, 3.05) is 0 Å². The molecule has 1 heterocycles. The zero-order valence-electron chi connectivity index (χ0n) is 22.2. The number of aromatic amines is 1. The van der Waals surface area contributed by atoms with E-state index in [1.54, 1.807) is 30.5 Å². The highest BCUT2D eigenvalue weighted by molar-refractivity contribution is 5.96. The zero-order chi connectivity index (χ0) is 30.0. The second-order valence-corrected chi connectivity index (χ2v) is 9.85. The number of nitrogens with one attached hydrogen (secondary N) is 4. The lowest BCUT2D eigenvalue weighted by Crippen LogP contribution is -2.57. The normalized spacial score (nSPS) is 14.1. The van der Waals surface area contributed by atoms with Gasteiger partial charge in [-0.15, -0.1) is 0 Å². The summed E-state index contributed by atoms with van der Waals surface area (Å²) in [5.74, 6) is -6.85. The number of aromatic nitrogens is 1. The van der Waals surface area contributed by atoms with Crippen molar-refractivity contribution < 1.29 is 44.1 Å². The van der Waals surface area contributed by atoms with Gasteiger partial charge in [-0.3, -0.25) is 24.0 Å². The number of amides is 3. The van der Waals surface area contributed by atoms with Crippen molar-refractivity contribution >= 4 is 46.5 Å². The molecule has 14 heteroatoms. The van der Waals surface area contributed by atoms with Crippen LogP contribution in [0.4, 0.5) is 0 Å². The number of carboxylic acid groups (broad SMARTS) is 3. The fourth-order valence-corrected chi connectivity index (χ4v) is 4.08. The first-order valence-corrected chi connectivity index (χ1v) is 12.7. The second kappa shape index (κ2) is 14.6. The number of nitrogens with two attached hydrogens (primary N) is 1. The van der Waals surface area contributed by atoms with Gasteiger partial charge in [-0.25, -0.2) is 4.79 Å². The summed E-state index contributed by atoms with van der Waals surface area (Å²) in [6, 6.07) is 1.54. The Morgan fingerprint density at radius 3 is 2.05 bits per heavy atom. The van der Waals surface area contributed by atoms with Gasteiger partial charge in [0.15, 0.2) is 0 Å². The fraction of sp³-hybridized carbons (Fsp3) is 0.462. The highest BCUT2D eigenvalue weighted by atomic mass is 16.4. The number of rotatable bonds is 16. The van der Waals surface area contributed by atoms with E-state index in [1.807, 2.05) is 13.8 Å². The first-order chi connectivity index (χ1) is 18.8. The Kier molecular flexibility index (Phi) is 11.6. The summed E-state index contributed by atoms with van der Waals surface area (Å²) in [7, 11) is 0. The van der Waals surface area contributed by atoms with Gasteiger partial charge in [0.2, 0.25) is 17.7 Å². The molecule has 1 aromatic heterocycles. The molecule has 40 heavy (non-hydrogen) atoms. The molecule has 2 rings (SSSR count). The largest absolute Gasteiger partial charge is 0.481 e. The maximum atomic E-state index is 13.1. The highest BCUT2D eigenvalue weighted by Gasteiger charge is 2.32. The van der Waals surface area contributed by atoms with E-state index in [0.717, 1.165) is 10.9 Å². The minimum atomic E-state index is -1.62. The van der Waals surface area contributed by atoms with Crippen LogP contribution in [0.2, 0.25) is 0 Å². The third-order valence-electron chi connectivity index (χ3n) is 6.07. The fourth-order valence-electron chi connectivity index (χ4n) is 4.08.